The van der Waals surface area contributed by atoms with E-state index in [1.807, 2.05) is 0 Å². The lowest BCUT2D eigenvalue weighted by atomic mass is 10.3. The molecule has 1 aliphatic rings. The van der Waals surface area contributed by atoms with Gasteiger partial charge in [-0.05, 0) is 12.8 Å². The number of hydrogen-bond acceptors (Lipinski definition) is 2. The molecule has 80 valence electrons. The maximum Gasteiger partial charge on any atom is 0.338 e. The highest BCUT2D eigenvalue weighted by molar-refractivity contribution is 6.43. The van der Waals surface area contributed by atoms with Crippen molar-refractivity contribution < 1.29 is 9.90 Å². The average molecular weight is 248 g/mol. The van der Waals surface area contributed by atoms with E-state index < -0.39 is 11.5 Å². The predicted octanol–water partition coefficient (Wildman–Crippen LogP) is 2.19. The van der Waals surface area contributed by atoms with Gasteiger partial charge < -0.3 is 9.67 Å². The molecule has 1 aromatic heterocycles. The van der Waals surface area contributed by atoms with Gasteiger partial charge in [-0.2, -0.15) is 0 Å². The number of carboxylic acid groups (broad SMARTS) is 1. The van der Waals surface area contributed by atoms with Crippen LogP contribution in [0.15, 0.2) is 11.0 Å². The zero-order valence-electron chi connectivity index (χ0n) is 7.54. The monoisotopic (exact) mass is 247 g/mol. The molecule has 1 aromatic rings. The zero-order chi connectivity index (χ0) is 11.2. The first kappa shape index (κ1) is 10.5. The van der Waals surface area contributed by atoms with Crippen molar-refractivity contribution in [3.63, 3.8) is 0 Å². The topological polar surface area (TPSA) is 59.3 Å². The van der Waals surface area contributed by atoms with E-state index >= 15 is 0 Å². The standard InChI is InChI=1S/C9H7Cl2NO3/c10-6-5(9(14)15)3-12(4-1-2-4)8(13)7(6)11/h3-4H,1-2H2,(H,14,15). The van der Waals surface area contributed by atoms with E-state index in [2.05, 4.69) is 0 Å². The molecule has 0 amide bonds. The fraction of sp³-hybridized carbons (Fsp3) is 0.333. The van der Waals surface area contributed by atoms with Crippen LogP contribution >= 0.6 is 23.2 Å². The van der Waals surface area contributed by atoms with Crippen molar-refractivity contribution in [2.75, 3.05) is 0 Å². The summed E-state index contributed by atoms with van der Waals surface area (Å²) in [6.45, 7) is 0. The maximum atomic E-state index is 11.6. The summed E-state index contributed by atoms with van der Waals surface area (Å²) in [5.41, 5.74) is -0.553. The Morgan fingerprint density at radius 3 is 2.47 bits per heavy atom. The first-order valence-electron chi connectivity index (χ1n) is 4.35. The summed E-state index contributed by atoms with van der Waals surface area (Å²) in [5, 5.41) is 8.44. The van der Waals surface area contributed by atoms with Crippen LogP contribution in [0.2, 0.25) is 10.0 Å². The van der Waals surface area contributed by atoms with Crippen molar-refractivity contribution in [3.05, 3.63) is 32.2 Å². The van der Waals surface area contributed by atoms with Gasteiger partial charge in [-0.15, -0.1) is 0 Å². The number of pyridine rings is 1. The second-order valence-corrected chi connectivity index (χ2v) is 4.18. The second kappa shape index (κ2) is 3.54. The summed E-state index contributed by atoms with van der Waals surface area (Å²) in [5.74, 6) is -1.18. The van der Waals surface area contributed by atoms with Gasteiger partial charge in [0.25, 0.3) is 5.56 Å². The Bertz CT molecular complexity index is 491. The van der Waals surface area contributed by atoms with E-state index in [1.54, 1.807) is 0 Å². The molecule has 0 unspecified atom stereocenters. The van der Waals surface area contributed by atoms with Gasteiger partial charge >= 0.3 is 5.97 Å². The molecule has 1 N–H and O–H groups in total. The van der Waals surface area contributed by atoms with E-state index in [0.29, 0.717) is 0 Å². The molecular formula is C9H7Cl2NO3. The van der Waals surface area contributed by atoms with Crippen LogP contribution in [0.4, 0.5) is 0 Å². The number of aromatic nitrogens is 1. The molecule has 0 spiro atoms. The SMILES string of the molecule is O=C(O)c1cn(C2CC2)c(=O)c(Cl)c1Cl. The highest BCUT2D eigenvalue weighted by atomic mass is 35.5. The maximum absolute atomic E-state index is 11.6. The fourth-order valence-corrected chi connectivity index (χ4v) is 1.76. The first-order valence-corrected chi connectivity index (χ1v) is 5.11. The van der Waals surface area contributed by atoms with Crippen LogP contribution in [-0.2, 0) is 0 Å². The molecule has 0 aromatic carbocycles. The molecule has 0 aliphatic heterocycles. The summed E-state index contributed by atoms with van der Waals surface area (Å²) in [7, 11) is 0. The van der Waals surface area contributed by atoms with Crippen LogP contribution in [0.3, 0.4) is 0 Å². The minimum Gasteiger partial charge on any atom is -0.478 e. The van der Waals surface area contributed by atoms with Crippen LogP contribution in [-0.4, -0.2) is 15.6 Å². The van der Waals surface area contributed by atoms with E-state index in [0.717, 1.165) is 12.8 Å². The molecule has 0 radical (unpaired) electrons. The van der Waals surface area contributed by atoms with Crippen molar-refractivity contribution in [3.8, 4) is 0 Å². The molecule has 1 fully saturated rings. The number of carboxylic acids is 1. The van der Waals surface area contributed by atoms with Crippen molar-refractivity contribution in [1.82, 2.24) is 4.57 Å². The molecular weight excluding hydrogens is 241 g/mol. The van der Waals surface area contributed by atoms with Gasteiger partial charge in [-0.25, -0.2) is 4.79 Å². The summed E-state index contributed by atoms with van der Waals surface area (Å²) in [6.07, 6.45) is 3.00. The molecule has 0 bridgehead atoms. The Morgan fingerprint density at radius 1 is 1.40 bits per heavy atom. The highest BCUT2D eigenvalue weighted by Gasteiger charge is 2.28. The minimum atomic E-state index is -1.18. The van der Waals surface area contributed by atoms with Crippen molar-refractivity contribution in [1.29, 1.82) is 0 Å². The molecule has 1 heterocycles. The predicted molar refractivity (Wildman–Crippen MR) is 56.0 cm³/mol. The van der Waals surface area contributed by atoms with E-state index in [1.165, 1.54) is 10.8 Å². The lowest BCUT2D eigenvalue weighted by Gasteiger charge is -2.07. The quantitative estimate of drug-likeness (QED) is 0.872. The van der Waals surface area contributed by atoms with E-state index in [9.17, 15) is 9.59 Å². The number of carbonyl (C=O) groups is 1. The Balaban J connectivity index is 2.68. The molecule has 0 saturated heterocycles. The van der Waals surface area contributed by atoms with Crippen LogP contribution < -0.4 is 5.56 Å². The molecule has 1 saturated carbocycles. The van der Waals surface area contributed by atoms with Crippen molar-refractivity contribution in [2.45, 2.75) is 18.9 Å². The van der Waals surface area contributed by atoms with E-state index in [-0.39, 0.29) is 21.7 Å². The number of rotatable bonds is 2. The van der Waals surface area contributed by atoms with Gasteiger partial charge in [0.05, 0.1) is 10.6 Å². The van der Waals surface area contributed by atoms with E-state index in [4.69, 9.17) is 28.3 Å². The molecule has 1 aliphatic carbocycles. The van der Waals surface area contributed by atoms with Crippen LogP contribution in [0.25, 0.3) is 0 Å². The first-order chi connectivity index (χ1) is 7.02. The van der Waals surface area contributed by atoms with Crippen molar-refractivity contribution >= 4 is 29.2 Å². The summed E-state index contributed by atoms with van der Waals surface area (Å²) in [4.78, 5) is 22.4. The Kier molecular flexibility index (Phi) is 2.48. The van der Waals surface area contributed by atoms with Crippen LogP contribution in [0.1, 0.15) is 29.2 Å². The zero-order valence-corrected chi connectivity index (χ0v) is 9.05. The van der Waals surface area contributed by atoms with Gasteiger partial charge in [0.15, 0.2) is 0 Å². The third-order valence-electron chi connectivity index (χ3n) is 2.29. The largest absolute Gasteiger partial charge is 0.478 e. The smallest absolute Gasteiger partial charge is 0.338 e. The molecule has 2 rings (SSSR count). The molecule has 15 heavy (non-hydrogen) atoms. The highest BCUT2D eigenvalue weighted by Crippen LogP contribution is 2.35. The third-order valence-corrected chi connectivity index (χ3v) is 3.13. The normalized spacial score (nSPS) is 15.3. The Labute approximate surface area is 95.0 Å². The van der Waals surface area contributed by atoms with Gasteiger partial charge in [-0.1, -0.05) is 23.2 Å². The van der Waals surface area contributed by atoms with Gasteiger partial charge in [-0.3, -0.25) is 4.79 Å². The number of aromatic carboxylic acids is 1. The number of nitrogens with zero attached hydrogens (tertiary/aromatic N) is 1. The third kappa shape index (κ3) is 1.75. The Hall–Kier alpha value is -1.00. The molecule has 0 atom stereocenters. The second-order valence-electron chi connectivity index (χ2n) is 3.42. The summed E-state index contributed by atoms with van der Waals surface area (Å²) >= 11 is 11.3. The number of halogens is 2. The van der Waals surface area contributed by atoms with Gasteiger partial charge in [0, 0.05) is 12.2 Å². The van der Waals surface area contributed by atoms with Crippen LogP contribution in [0.5, 0.6) is 0 Å². The van der Waals surface area contributed by atoms with Crippen molar-refractivity contribution in [2.24, 2.45) is 0 Å². The van der Waals surface area contributed by atoms with Gasteiger partial charge in [0.2, 0.25) is 0 Å². The lowest BCUT2D eigenvalue weighted by molar-refractivity contribution is 0.0696. The minimum absolute atomic E-state index is 0.0744. The summed E-state index contributed by atoms with van der Waals surface area (Å²) in [6, 6.07) is 0.0744. The number of hydrogen-bond donors (Lipinski definition) is 1. The fourth-order valence-electron chi connectivity index (χ4n) is 1.35. The van der Waals surface area contributed by atoms with Gasteiger partial charge in [0.1, 0.15) is 5.02 Å². The average Bonchev–Trinajstić information content (AvgIpc) is 2.97. The van der Waals surface area contributed by atoms with Crippen LogP contribution in [0, 0.1) is 0 Å². The molecule has 6 heteroatoms. The Morgan fingerprint density at radius 2 is 2.00 bits per heavy atom. The molecule has 4 nitrogen and oxygen atoms in total. The summed E-state index contributed by atoms with van der Waals surface area (Å²) < 4.78 is 1.34. The lowest BCUT2D eigenvalue weighted by Crippen LogP contribution is -2.21.